The second-order valence-electron chi connectivity index (χ2n) is 2.51. The van der Waals surface area contributed by atoms with Crippen molar-refractivity contribution < 1.29 is 13.2 Å². The zero-order valence-electron chi connectivity index (χ0n) is 6.59. The normalized spacial score (nSPS) is 14.2. The zero-order chi connectivity index (χ0) is 9.78. The molecule has 0 radical (unpaired) electrons. The number of hydrogen-bond donors (Lipinski definition) is 0. The van der Waals surface area contributed by atoms with Gasteiger partial charge in [-0.3, -0.25) is 4.79 Å². The number of rotatable bonds is 5. The summed E-state index contributed by atoms with van der Waals surface area (Å²) in [6.45, 7) is 1.47. The van der Waals surface area contributed by atoms with E-state index in [1.807, 2.05) is 0 Å². The first kappa shape index (κ1) is 12.2. The second kappa shape index (κ2) is 5.04. The number of hydrogen-bond acceptors (Lipinski definition) is 3. The van der Waals surface area contributed by atoms with Crippen LogP contribution in [0.5, 0.6) is 0 Å². The van der Waals surface area contributed by atoms with Gasteiger partial charge in [0, 0.05) is 11.8 Å². The summed E-state index contributed by atoms with van der Waals surface area (Å²) in [4.78, 5) is 10.5. The third kappa shape index (κ3) is 4.95. The van der Waals surface area contributed by atoms with Crippen molar-refractivity contribution in [3.63, 3.8) is 0 Å². The van der Waals surface area contributed by atoms with Gasteiger partial charge < -0.3 is 0 Å². The summed E-state index contributed by atoms with van der Waals surface area (Å²) < 4.78 is 22.1. The first-order valence-corrected chi connectivity index (χ1v) is 6.08. The van der Waals surface area contributed by atoms with Crippen LogP contribution in [0.1, 0.15) is 6.92 Å². The van der Waals surface area contributed by atoms with E-state index < -0.39 is 21.0 Å². The monoisotopic (exact) mass is 232 g/mol. The van der Waals surface area contributed by atoms with Gasteiger partial charge >= 0.3 is 0 Å². The average molecular weight is 233 g/mol. The van der Waals surface area contributed by atoms with Crippen LogP contribution in [0, 0.1) is 5.92 Å². The standard InChI is InChI=1S/C6H10Cl2O3S/c1-5(6(8)9)4-12(10,11)3-2-7/h5H,2-4H2,1H3. The molecule has 72 valence electrons. The van der Waals surface area contributed by atoms with Gasteiger partial charge in [-0.1, -0.05) is 6.92 Å². The Kier molecular flexibility index (Phi) is 5.13. The van der Waals surface area contributed by atoms with Crippen LogP contribution in [0.2, 0.25) is 0 Å². The fraction of sp³-hybridized carbons (Fsp3) is 0.833. The van der Waals surface area contributed by atoms with Crippen molar-refractivity contribution in [1.82, 2.24) is 0 Å². The Morgan fingerprint density at radius 2 is 2.00 bits per heavy atom. The van der Waals surface area contributed by atoms with E-state index in [9.17, 15) is 13.2 Å². The van der Waals surface area contributed by atoms with E-state index in [0.717, 1.165) is 0 Å². The molecule has 0 aromatic heterocycles. The van der Waals surface area contributed by atoms with Crippen molar-refractivity contribution in [2.45, 2.75) is 6.92 Å². The molecular formula is C6H10Cl2O3S. The molecule has 12 heavy (non-hydrogen) atoms. The molecule has 0 fully saturated rings. The third-order valence-electron chi connectivity index (χ3n) is 1.28. The zero-order valence-corrected chi connectivity index (χ0v) is 8.92. The highest BCUT2D eigenvalue weighted by molar-refractivity contribution is 7.91. The molecule has 0 saturated carbocycles. The lowest BCUT2D eigenvalue weighted by Gasteiger charge is -2.05. The minimum Gasteiger partial charge on any atom is -0.281 e. The predicted octanol–water partition coefficient (Wildman–Crippen LogP) is 1.04. The molecule has 0 aliphatic heterocycles. The van der Waals surface area contributed by atoms with Crippen LogP contribution in [-0.4, -0.2) is 31.0 Å². The predicted molar refractivity (Wildman–Crippen MR) is 49.4 cm³/mol. The lowest BCUT2D eigenvalue weighted by Crippen LogP contribution is -2.21. The first-order valence-electron chi connectivity index (χ1n) is 3.35. The molecule has 0 N–H and O–H groups in total. The number of sulfone groups is 1. The number of carbonyl (C=O) groups excluding carboxylic acids is 1. The Morgan fingerprint density at radius 3 is 2.33 bits per heavy atom. The number of carbonyl (C=O) groups is 1. The van der Waals surface area contributed by atoms with Crippen LogP contribution in [0.15, 0.2) is 0 Å². The van der Waals surface area contributed by atoms with E-state index in [1.54, 1.807) is 0 Å². The highest BCUT2D eigenvalue weighted by Crippen LogP contribution is 2.06. The number of halogens is 2. The van der Waals surface area contributed by atoms with Gasteiger partial charge in [-0.2, -0.15) is 0 Å². The molecule has 0 aromatic rings. The average Bonchev–Trinajstić information content (AvgIpc) is 1.85. The first-order chi connectivity index (χ1) is 5.39. The maximum Gasteiger partial charge on any atom is 0.225 e. The highest BCUT2D eigenvalue weighted by atomic mass is 35.5. The lowest BCUT2D eigenvalue weighted by atomic mass is 10.2. The van der Waals surface area contributed by atoms with Gasteiger partial charge in [0.05, 0.1) is 11.5 Å². The molecule has 0 spiro atoms. The summed E-state index contributed by atoms with van der Waals surface area (Å²) in [5.74, 6) is -0.934. The van der Waals surface area contributed by atoms with Gasteiger partial charge in [0.25, 0.3) is 0 Å². The minimum atomic E-state index is -3.21. The third-order valence-corrected chi connectivity index (χ3v) is 3.90. The van der Waals surface area contributed by atoms with Crippen molar-refractivity contribution in [2.75, 3.05) is 17.4 Å². The van der Waals surface area contributed by atoms with E-state index in [-0.39, 0.29) is 17.4 Å². The molecule has 0 saturated heterocycles. The van der Waals surface area contributed by atoms with Gasteiger partial charge in [0.15, 0.2) is 9.84 Å². The van der Waals surface area contributed by atoms with E-state index in [4.69, 9.17) is 23.2 Å². The summed E-state index contributed by atoms with van der Waals surface area (Å²) >= 11 is 10.4. The van der Waals surface area contributed by atoms with Gasteiger partial charge in [0.2, 0.25) is 5.24 Å². The Labute approximate surface area is 82.0 Å². The summed E-state index contributed by atoms with van der Waals surface area (Å²) in [7, 11) is -3.21. The maximum atomic E-state index is 11.1. The molecule has 0 aromatic carbocycles. The lowest BCUT2D eigenvalue weighted by molar-refractivity contribution is -0.114. The Hall–Kier alpha value is 0.200. The quantitative estimate of drug-likeness (QED) is 0.526. The van der Waals surface area contributed by atoms with Crippen molar-refractivity contribution >= 4 is 38.3 Å². The molecule has 6 heteroatoms. The molecule has 0 aliphatic rings. The molecular weight excluding hydrogens is 223 g/mol. The fourth-order valence-corrected chi connectivity index (χ4v) is 2.84. The fourth-order valence-electron chi connectivity index (χ4n) is 0.647. The van der Waals surface area contributed by atoms with Crippen LogP contribution in [-0.2, 0) is 14.6 Å². The molecule has 1 atom stereocenters. The maximum absolute atomic E-state index is 11.1. The molecule has 0 bridgehead atoms. The van der Waals surface area contributed by atoms with Crippen LogP contribution in [0.4, 0.5) is 0 Å². The van der Waals surface area contributed by atoms with Crippen molar-refractivity contribution in [1.29, 1.82) is 0 Å². The SMILES string of the molecule is CC(CS(=O)(=O)CCCl)C(=O)Cl. The van der Waals surface area contributed by atoms with Crippen molar-refractivity contribution in [3.05, 3.63) is 0 Å². The van der Waals surface area contributed by atoms with Crippen molar-refractivity contribution in [2.24, 2.45) is 5.92 Å². The molecule has 0 aliphatic carbocycles. The van der Waals surface area contributed by atoms with Crippen molar-refractivity contribution in [3.8, 4) is 0 Å². The van der Waals surface area contributed by atoms with Crippen LogP contribution in [0.3, 0.4) is 0 Å². The molecule has 0 amide bonds. The highest BCUT2D eigenvalue weighted by Gasteiger charge is 2.19. The smallest absolute Gasteiger partial charge is 0.225 e. The largest absolute Gasteiger partial charge is 0.281 e. The topological polar surface area (TPSA) is 51.2 Å². The van der Waals surface area contributed by atoms with Crippen LogP contribution in [0.25, 0.3) is 0 Å². The van der Waals surface area contributed by atoms with E-state index >= 15 is 0 Å². The molecule has 0 heterocycles. The summed E-state index contributed by atoms with van der Waals surface area (Å²) in [5.41, 5.74) is 0. The molecule has 3 nitrogen and oxygen atoms in total. The van der Waals surface area contributed by atoms with Gasteiger partial charge in [-0.05, 0) is 11.6 Å². The van der Waals surface area contributed by atoms with Crippen LogP contribution >= 0.6 is 23.2 Å². The second-order valence-corrected chi connectivity index (χ2v) is 5.49. The Bertz CT molecular complexity index is 248. The van der Waals surface area contributed by atoms with Crippen LogP contribution < -0.4 is 0 Å². The Morgan fingerprint density at radius 1 is 1.50 bits per heavy atom. The molecule has 0 rings (SSSR count). The van der Waals surface area contributed by atoms with E-state index in [2.05, 4.69) is 0 Å². The molecule has 1 unspecified atom stereocenters. The minimum absolute atomic E-state index is 0.0472. The van der Waals surface area contributed by atoms with E-state index in [0.29, 0.717) is 0 Å². The summed E-state index contributed by atoms with van der Waals surface area (Å²) in [5, 5.41) is -0.631. The van der Waals surface area contributed by atoms with Gasteiger partial charge in [-0.25, -0.2) is 8.42 Å². The van der Waals surface area contributed by atoms with Gasteiger partial charge in [0.1, 0.15) is 0 Å². The number of alkyl halides is 1. The summed E-state index contributed by atoms with van der Waals surface area (Å²) in [6, 6.07) is 0. The Balaban J connectivity index is 4.16. The van der Waals surface area contributed by atoms with E-state index in [1.165, 1.54) is 6.92 Å². The summed E-state index contributed by atoms with van der Waals surface area (Å²) in [6.07, 6.45) is 0. The van der Waals surface area contributed by atoms with Gasteiger partial charge in [-0.15, -0.1) is 11.6 Å².